The third-order valence-electron chi connectivity index (χ3n) is 6.10. The van der Waals surface area contributed by atoms with Gasteiger partial charge in [-0.15, -0.1) is 0 Å². The highest BCUT2D eigenvalue weighted by molar-refractivity contribution is 14.1. The minimum absolute atomic E-state index is 0.631. The minimum atomic E-state index is 0.631. The number of halogens is 1. The fourth-order valence-corrected chi connectivity index (χ4v) is 5.09. The van der Waals surface area contributed by atoms with Gasteiger partial charge in [0, 0.05) is 64.8 Å². The molecule has 0 saturated carbocycles. The minimum Gasteiger partial charge on any atom is -0.339 e. The smallest absolute Gasteiger partial charge is 0.155 e. The molecule has 0 atom stereocenters. The van der Waals surface area contributed by atoms with Crippen LogP contribution in [-0.4, -0.2) is 37.6 Å². The van der Waals surface area contributed by atoms with Gasteiger partial charge in [-0.3, -0.25) is 9.97 Å². The van der Waals surface area contributed by atoms with E-state index < -0.39 is 0 Å². The van der Waals surface area contributed by atoms with Crippen molar-refractivity contribution in [2.75, 3.05) is 0 Å². The first kappa shape index (κ1) is 23.4. The van der Waals surface area contributed by atoms with Crippen LogP contribution in [0.1, 0.15) is 17.1 Å². The first-order valence-corrected chi connectivity index (χ1v) is 12.8. The van der Waals surface area contributed by atoms with E-state index in [-0.39, 0.29) is 0 Å². The van der Waals surface area contributed by atoms with Crippen molar-refractivity contribution in [1.29, 1.82) is 0 Å². The molecule has 0 fully saturated rings. The number of benzene rings is 1. The SMILES string of the molecule is Cc1cccc(-c2[nH]c(CN(I)Cc3ccccc3-c3cccnc3)nc2-c2ccc3ncnn3c2)n1. The number of nitrogens with zero attached hydrogens (tertiary/aromatic N) is 7. The van der Waals surface area contributed by atoms with Gasteiger partial charge in [0.25, 0.3) is 0 Å². The molecule has 0 unspecified atom stereocenters. The highest BCUT2D eigenvalue weighted by Crippen LogP contribution is 2.31. The number of rotatable bonds is 7. The topological polar surface area (TPSA) is 87.9 Å². The van der Waals surface area contributed by atoms with Gasteiger partial charge >= 0.3 is 0 Å². The second-order valence-electron chi connectivity index (χ2n) is 8.73. The molecule has 6 aromatic rings. The van der Waals surface area contributed by atoms with Crippen molar-refractivity contribution in [3.63, 3.8) is 0 Å². The Balaban J connectivity index is 1.33. The molecule has 0 aliphatic heterocycles. The molecule has 0 aliphatic rings. The molecule has 1 N–H and O–H groups in total. The zero-order valence-electron chi connectivity index (χ0n) is 20.1. The predicted octanol–water partition coefficient (Wildman–Crippen LogP) is 5.90. The largest absolute Gasteiger partial charge is 0.339 e. The number of pyridine rings is 3. The quantitative estimate of drug-likeness (QED) is 0.182. The molecule has 9 heteroatoms. The maximum Gasteiger partial charge on any atom is 0.155 e. The summed E-state index contributed by atoms with van der Waals surface area (Å²) in [5.74, 6) is 0.861. The molecule has 1 aromatic carbocycles. The second kappa shape index (κ2) is 10.2. The van der Waals surface area contributed by atoms with E-state index in [2.05, 4.69) is 76.4 Å². The number of hydrogen-bond donors (Lipinski definition) is 1. The molecule has 0 saturated heterocycles. The lowest BCUT2D eigenvalue weighted by Gasteiger charge is -2.16. The third kappa shape index (κ3) is 5.00. The number of fused-ring (bicyclic) bond motifs is 1. The van der Waals surface area contributed by atoms with Crippen LogP contribution in [0.15, 0.2) is 91.6 Å². The zero-order valence-corrected chi connectivity index (χ0v) is 22.2. The van der Waals surface area contributed by atoms with Crippen molar-refractivity contribution >= 4 is 28.5 Å². The van der Waals surface area contributed by atoms with E-state index in [0.29, 0.717) is 6.54 Å². The van der Waals surface area contributed by atoms with Gasteiger partial charge in [0.05, 0.1) is 23.6 Å². The van der Waals surface area contributed by atoms with Crippen LogP contribution in [-0.2, 0) is 13.1 Å². The lowest BCUT2D eigenvalue weighted by atomic mass is 10.0. The summed E-state index contributed by atoms with van der Waals surface area (Å²) in [6.45, 7) is 3.38. The fourth-order valence-electron chi connectivity index (χ4n) is 4.40. The monoisotopic (exact) mass is 598 g/mol. The lowest BCUT2D eigenvalue weighted by Crippen LogP contribution is -2.12. The Morgan fingerprint density at radius 3 is 2.70 bits per heavy atom. The average molecular weight is 598 g/mol. The number of aryl methyl sites for hydroxylation is 1. The van der Waals surface area contributed by atoms with E-state index in [4.69, 9.17) is 9.97 Å². The summed E-state index contributed by atoms with van der Waals surface area (Å²) in [7, 11) is 0. The molecular weight excluding hydrogens is 575 g/mol. The van der Waals surface area contributed by atoms with Crippen LogP contribution in [0.4, 0.5) is 0 Å². The lowest BCUT2D eigenvalue weighted by molar-refractivity contribution is 0.490. The summed E-state index contributed by atoms with van der Waals surface area (Å²) in [6.07, 6.45) is 7.21. The summed E-state index contributed by atoms with van der Waals surface area (Å²) in [6, 6.07) is 22.5. The van der Waals surface area contributed by atoms with Gasteiger partial charge in [-0.1, -0.05) is 36.4 Å². The summed E-state index contributed by atoms with van der Waals surface area (Å²) in [4.78, 5) is 21.9. The van der Waals surface area contributed by atoms with E-state index in [1.165, 1.54) is 11.1 Å². The maximum atomic E-state index is 5.03. The van der Waals surface area contributed by atoms with Crippen LogP contribution in [0.5, 0.6) is 0 Å². The van der Waals surface area contributed by atoms with Gasteiger partial charge in [-0.2, -0.15) is 5.10 Å². The highest BCUT2D eigenvalue weighted by Gasteiger charge is 2.18. The number of aromatic amines is 1. The van der Waals surface area contributed by atoms with E-state index in [9.17, 15) is 0 Å². The molecule has 0 radical (unpaired) electrons. The van der Waals surface area contributed by atoms with Crippen molar-refractivity contribution in [3.8, 4) is 33.8 Å². The Morgan fingerprint density at radius 1 is 0.919 bits per heavy atom. The van der Waals surface area contributed by atoms with Gasteiger partial charge in [-0.25, -0.2) is 17.6 Å². The molecule has 0 bridgehead atoms. The van der Waals surface area contributed by atoms with Gasteiger partial charge in [0.2, 0.25) is 0 Å². The summed E-state index contributed by atoms with van der Waals surface area (Å²) in [5, 5.41) is 4.29. The Kier molecular flexibility index (Phi) is 6.46. The molecule has 8 nitrogen and oxygen atoms in total. The Hall–Kier alpha value is -3.96. The summed E-state index contributed by atoms with van der Waals surface area (Å²) < 4.78 is 3.99. The molecule has 0 aliphatic carbocycles. The van der Waals surface area contributed by atoms with Crippen LogP contribution in [0.25, 0.3) is 39.4 Å². The second-order valence-corrected chi connectivity index (χ2v) is 10.1. The normalized spacial score (nSPS) is 11.4. The molecule has 182 valence electrons. The zero-order chi connectivity index (χ0) is 25.2. The Morgan fingerprint density at radius 2 is 1.84 bits per heavy atom. The summed E-state index contributed by atoms with van der Waals surface area (Å²) in [5.41, 5.74) is 8.80. The molecular formula is C28H23IN8. The number of nitrogens with one attached hydrogen (secondary N) is 1. The van der Waals surface area contributed by atoms with Gasteiger partial charge in [0.15, 0.2) is 5.65 Å². The molecule has 0 spiro atoms. The van der Waals surface area contributed by atoms with E-state index >= 15 is 0 Å². The first-order valence-electron chi connectivity index (χ1n) is 11.9. The Labute approximate surface area is 228 Å². The van der Waals surface area contributed by atoms with Crippen LogP contribution in [0.3, 0.4) is 0 Å². The van der Waals surface area contributed by atoms with Crippen molar-refractivity contribution in [3.05, 3.63) is 109 Å². The van der Waals surface area contributed by atoms with Gasteiger partial charge in [-0.05, 0) is 48.4 Å². The number of H-pyrrole nitrogens is 1. The third-order valence-corrected chi connectivity index (χ3v) is 6.78. The average Bonchev–Trinajstić information content (AvgIpc) is 3.56. The number of imidazole rings is 1. The molecule has 0 amide bonds. The Bertz CT molecular complexity index is 1670. The van der Waals surface area contributed by atoms with Crippen molar-refractivity contribution in [2.24, 2.45) is 0 Å². The molecule has 37 heavy (non-hydrogen) atoms. The standard InChI is InChI=1S/C28H23IN8/c1-19-6-4-10-24(33-19)28-27(22-11-12-26-31-18-32-37(26)16-22)34-25(35-28)17-36(29)15-21-7-2-3-9-23(21)20-8-5-13-30-14-20/h2-14,16,18H,15,17H2,1H3,(H,34,35). The highest BCUT2D eigenvalue weighted by atomic mass is 127. The van der Waals surface area contributed by atoms with Crippen molar-refractivity contribution < 1.29 is 0 Å². The van der Waals surface area contributed by atoms with E-state index in [1.807, 2.05) is 55.7 Å². The number of hydrogen-bond acceptors (Lipinski definition) is 6. The van der Waals surface area contributed by atoms with E-state index in [0.717, 1.165) is 51.9 Å². The van der Waals surface area contributed by atoms with Gasteiger partial charge in [0.1, 0.15) is 12.2 Å². The molecule has 5 heterocycles. The molecule has 5 aromatic heterocycles. The fraction of sp³-hybridized carbons (Fsp3) is 0.107. The van der Waals surface area contributed by atoms with E-state index in [1.54, 1.807) is 17.0 Å². The molecule has 6 rings (SSSR count). The first-order chi connectivity index (χ1) is 18.1. The predicted molar refractivity (Wildman–Crippen MR) is 151 cm³/mol. The van der Waals surface area contributed by atoms with Crippen LogP contribution >= 0.6 is 22.9 Å². The van der Waals surface area contributed by atoms with Crippen LogP contribution in [0.2, 0.25) is 0 Å². The van der Waals surface area contributed by atoms with Gasteiger partial charge < -0.3 is 4.98 Å². The number of aromatic nitrogens is 7. The summed E-state index contributed by atoms with van der Waals surface area (Å²) >= 11 is 2.37. The van der Waals surface area contributed by atoms with Crippen LogP contribution in [0, 0.1) is 6.92 Å². The van der Waals surface area contributed by atoms with Crippen molar-refractivity contribution in [1.82, 2.24) is 37.6 Å². The maximum absolute atomic E-state index is 5.03. The van der Waals surface area contributed by atoms with Crippen LogP contribution < -0.4 is 0 Å². The van der Waals surface area contributed by atoms with Crippen molar-refractivity contribution in [2.45, 2.75) is 20.0 Å².